The second-order valence-electron chi connectivity index (χ2n) is 3.73. The Morgan fingerprint density at radius 1 is 1.59 bits per heavy atom. The van der Waals surface area contributed by atoms with E-state index in [1.54, 1.807) is 6.07 Å². The van der Waals surface area contributed by atoms with Gasteiger partial charge in [-0.15, -0.1) is 0 Å². The molecule has 0 aliphatic rings. The summed E-state index contributed by atoms with van der Waals surface area (Å²) >= 11 is 4.87. The molecule has 1 atom stereocenters. The summed E-state index contributed by atoms with van der Waals surface area (Å²) in [6.07, 6.45) is 1.53. The van der Waals surface area contributed by atoms with Gasteiger partial charge in [0.25, 0.3) is 5.91 Å². The van der Waals surface area contributed by atoms with Gasteiger partial charge in [0.15, 0.2) is 0 Å². The quantitative estimate of drug-likeness (QED) is 0.790. The van der Waals surface area contributed by atoms with Crippen molar-refractivity contribution in [1.29, 1.82) is 0 Å². The van der Waals surface area contributed by atoms with Crippen molar-refractivity contribution < 1.29 is 9.18 Å². The van der Waals surface area contributed by atoms with E-state index in [-0.39, 0.29) is 22.5 Å². The van der Waals surface area contributed by atoms with Crippen LogP contribution in [0.5, 0.6) is 0 Å². The molecule has 0 saturated carbocycles. The Morgan fingerprint density at radius 2 is 2.29 bits per heavy atom. The molecule has 92 valence electrons. The minimum atomic E-state index is -0.444. The van der Waals surface area contributed by atoms with Crippen molar-refractivity contribution in [3.63, 3.8) is 0 Å². The van der Waals surface area contributed by atoms with Crippen LogP contribution in [0.15, 0.2) is 24.3 Å². The van der Waals surface area contributed by atoms with E-state index in [4.69, 9.17) is 18.0 Å². The molecule has 3 nitrogen and oxygen atoms in total. The van der Waals surface area contributed by atoms with Crippen LogP contribution in [0.2, 0.25) is 0 Å². The minimum Gasteiger partial charge on any atom is -0.392 e. The highest BCUT2D eigenvalue weighted by molar-refractivity contribution is 7.80. The zero-order valence-corrected chi connectivity index (χ0v) is 10.4. The van der Waals surface area contributed by atoms with Gasteiger partial charge in [-0.1, -0.05) is 31.6 Å². The fraction of sp³-hybridized carbons (Fsp3) is 0.333. The van der Waals surface area contributed by atoms with Gasteiger partial charge in [0.2, 0.25) is 0 Å². The van der Waals surface area contributed by atoms with E-state index < -0.39 is 5.82 Å². The first-order chi connectivity index (χ1) is 8.04. The van der Waals surface area contributed by atoms with Crippen LogP contribution in [0, 0.1) is 5.82 Å². The van der Waals surface area contributed by atoms with Crippen LogP contribution in [0.25, 0.3) is 0 Å². The Balaban J connectivity index is 2.73. The molecule has 0 radical (unpaired) electrons. The molecule has 1 rings (SSSR count). The predicted molar refractivity (Wildman–Crippen MR) is 69.3 cm³/mol. The summed E-state index contributed by atoms with van der Waals surface area (Å²) < 4.78 is 12.9. The first-order valence-electron chi connectivity index (χ1n) is 5.40. The number of amides is 1. The number of hydrogen-bond donors (Lipinski definition) is 2. The van der Waals surface area contributed by atoms with Gasteiger partial charge >= 0.3 is 0 Å². The number of halogens is 1. The van der Waals surface area contributed by atoms with Crippen molar-refractivity contribution in [3.8, 4) is 0 Å². The van der Waals surface area contributed by atoms with E-state index in [2.05, 4.69) is 5.32 Å². The monoisotopic (exact) mass is 254 g/mol. The van der Waals surface area contributed by atoms with E-state index in [1.165, 1.54) is 18.2 Å². The van der Waals surface area contributed by atoms with Crippen molar-refractivity contribution >= 4 is 23.1 Å². The highest BCUT2D eigenvalue weighted by Gasteiger charge is 2.15. The second-order valence-corrected chi connectivity index (χ2v) is 4.20. The van der Waals surface area contributed by atoms with E-state index in [0.29, 0.717) is 6.42 Å². The van der Waals surface area contributed by atoms with Crippen molar-refractivity contribution in [2.75, 3.05) is 0 Å². The Bertz CT molecular complexity index is 423. The Labute approximate surface area is 105 Å². The molecule has 0 heterocycles. The molecule has 3 N–H and O–H groups in total. The van der Waals surface area contributed by atoms with Gasteiger partial charge in [0.05, 0.1) is 11.0 Å². The second kappa shape index (κ2) is 6.30. The first kappa shape index (κ1) is 13.6. The topological polar surface area (TPSA) is 55.1 Å². The molecule has 0 aliphatic carbocycles. The number of thiocarbonyl (C=S) groups is 1. The van der Waals surface area contributed by atoms with Gasteiger partial charge in [0.1, 0.15) is 5.82 Å². The van der Waals surface area contributed by atoms with Crippen LogP contribution in [-0.2, 0) is 0 Å². The Kier molecular flexibility index (Phi) is 5.03. The molecule has 1 amide bonds. The van der Waals surface area contributed by atoms with Crippen LogP contribution < -0.4 is 11.1 Å². The highest BCUT2D eigenvalue weighted by atomic mass is 32.1. The fourth-order valence-electron chi connectivity index (χ4n) is 1.45. The van der Waals surface area contributed by atoms with Crippen LogP contribution in [-0.4, -0.2) is 16.9 Å². The Morgan fingerprint density at radius 3 is 2.82 bits per heavy atom. The first-order valence-corrected chi connectivity index (χ1v) is 5.81. The molecule has 0 saturated heterocycles. The Hall–Kier alpha value is -1.49. The highest BCUT2D eigenvalue weighted by Crippen LogP contribution is 2.05. The summed E-state index contributed by atoms with van der Waals surface area (Å²) in [5, 5.41) is 2.69. The molecule has 1 aromatic carbocycles. The van der Waals surface area contributed by atoms with Crippen molar-refractivity contribution in [2.45, 2.75) is 25.8 Å². The summed E-state index contributed by atoms with van der Waals surface area (Å²) in [4.78, 5) is 12.0. The van der Waals surface area contributed by atoms with Crippen molar-refractivity contribution in [2.24, 2.45) is 5.73 Å². The number of benzene rings is 1. The number of rotatable bonds is 5. The maximum Gasteiger partial charge on any atom is 0.251 e. The third-order valence-electron chi connectivity index (χ3n) is 2.31. The van der Waals surface area contributed by atoms with E-state index in [0.717, 1.165) is 6.42 Å². The van der Waals surface area contributed by atoms with Crippen LogP contribution >= 0.6 is 12.2 Å². The lowest BCUT2D eigenvalue weighted by Crippen LogP contribution is -2.43. The number of hydrogen-bond acceptors (Lipinski definition) is 2. The molecule has 1 unspecified atom stereocenters. The largest absolute Gasteiger partial charge is 0.392 e. The standard InChI is InChI=1S/C12H15FN2OS/c1-2-4-10(11(14)17)15-12(16)8-5-3-6-9(13)7-8/h3,5-7,10H,2,4H2,1H3,(H2,14,17)(H,15,16). The zero-order chi connectivity index (χ0) is 12.8. The number of carbonyl (C=O) groups excluding carboxylic acids is 1. The van der Waals surface area contributed by atoms with Gasteiger partial charge in [-0.3, -0.25) is 4.79 Å². The molecular formula is C12H15FN2OS. The molecular weight excluding hydrogens is 239 g/mol. The molecule has 0 aromatic heterocycles. The smallest absolute Gasteiger partial charge is 0.251 e. The molecule has 17 heavy (non-hydrogen) atoms. The van der Waals surface area contributed by atoms with Gasteiger partial charge in [-0.25, -0.2) is 4.39 Å². The summed E-state index contributed by atoms with van der Waals surface area (Å²) in [7, 11) is 0. The van der Waals surface area contributed by atoms with Crippen molar-refractivity contribution in [3.05, 3.63) is 35.6 Å². The molecule has 0 aliphatic heterocycles. The maximum absolute atomic E-state index is 12.9. The molecule has 1 aromatic rings. The third kappa shape index (κ3) is 4.11. The lowest BCUT2D eigenvalue weighted by atomic mass is 10.1. The summed E-state index contributed by atoms with van der Waals surface area (Å²) in [6, 6.07) is 5.15. The minimum absolute atomic E-state index is 0.247. The van der Waals surface area contributed by atoms with Crippen LogP contribution in [0.4, 0.5) is 4.39 Å². The average molecular weight is 254 g/mol. The fourth-order valence-corrected chi connectivity index (χ4v) is 1.62. The molecule has 5 heteroatoms. The van der Waals surface area contributed by atoms with Gasteiger partial charge < -0.3 is 11.1 Å². The normalized spacial score (nSPS) is 11.9. The van der Waals surface area contributed by atoms with E-state index in [9.17, 15) is 9.18 Å². The number of nitrogens with one attached hydrogen (secondary N) is 1. The average Bonchev–Trinajstić information content (AvgIpc) is 2.28. The summed E-state index contributed by atoms with van der Waals surface area (Å²) in [6.45, 7) is 1.97. The van der Waals surface area contributed by atoms with Crippen LogP contribution in [0.3, 0.4) is 0 Å². The number of carbonyl (C=O) groups is 1. The van der Waals surface area contributed by atoms with E-state index in [1.807, 2.05) is 6.92 Å². The molecule has 0 bridgehead atoms. The summed E-state index contributed by atoms with van der Waals surface area (Å²) in [5.41, 5.74) is 5.79. The van der Waals surface area contributed by atoms with Gasteiger partial charge in [-0.05, 0) is 24.6 Å². The lowest BCUT2D eigenvalue weighted by molar-refractivity contribution is 0.0945. The number of nitrogens with two attached hydrogens (primary N) is 1. The van der Waals surface area contributed by atoms with Crippen molar-refractivity contribution in [1.82, 2.24) is 5.32 Å². The molecule has 0 spiro atoms. The predicted octanol–water partition coefficient (Wildman–Crippen LogP) is 2.01. The molecule has 0 fully saturated rings. The van der Waals surface area contributed by atoms with Gasteiger partial charge in [-0.2, -0.15) is 0 Å². The third-order valence-corrected chi connectivity index (χ3v) is 2.60. The van der Waals surface area contributed by atoms with E-state index >= 15 is 0 Å². The SMILES string of the molecule is CCCC(NC(=O)c1cccc(F)c1)C(N)=S. The van der Waals surface area contributed by atoms with Crippen LogP contribution in [0.1, 0.15) is 30.1 Å². The lowest BCUT2D eigenvalue weighted by Gasteiger charge is -2.16. The van der Waals surface area contributed by atoms with Gasteiger partial charge in [0, 0.05) is 5.56 Å². The maximum atomic E-state index is 12.9. The summed E-state index contributed by atoms with van der Waals surface area (Å²) in [5.74, 6) is -0.809. The zero-order valence-electron chi connectivity index (χ0n) is 9.57.